The van der Waals surface area contributed by atoms with Gasteiger partial charge in [-0.05, 0) is 96.3 Å². The summed E-state index contributed by atoms with van der Waals surface area (Å²) < 4.78 is 20.3. The van der Waals surface area contributed by atoms with Crippen LogP contribution in [0.3, 0.4) is 0 Å². The van der Waals surface area contributed by atoms with Crippen LogP contribution in [0.4, 0.5) is 5.69 Å². The Morgan fingerprint density at radius 2 is 1.18 bits per heavy atom. The third-order valence-electron chi connectivity index (χ3n) is 16.5. The highest BCUT2D eigenvalue weighted by Gasteiger charge is 2.34. The summed E-state index contributed by atoms with van der Waals surface area (Å²) in [5.41, 5.74) is 14.0. The van der Waals surface area contributed by atoms with Gasteiger partial charge in [0.2, 0.25) is 0 Å². The van der Waals surface area contributed by atoms with Gasteiger partial charge in [-0.2, -0.15) is 10.5 Å². The first-order valence-corrected chi connectivity index (χ1v) is 27.7. The Morgan fingerprint density at radius 1 is 0.588 bits per heavy atom. The predicted octanol–water partition coefficient (Wildman–Crippen LogP) is 18.7. The normalized spacial score (nSPS) is 13.2. The lowest BCUT2D eigenvalue weighted by Gasteiger charge is -2.27. The first-order chi connectivity index (χ1) is 39.0. The summed E-state index contributed by atoms with van der Waals surface area (Å²) in [6.07, 6.45) is 15.5. The molecule has 1 aliphatic carbocycles. The average molecular weight is 1040 g/mol. The largest absolute Gasteiger partial charge is 0.460 e. The third kappa shape index (κ3) is 7.40. The summed E-state index contributed by atoms with van der Waals surface area (Å²) in [7, 11) is 0. The van der Waals surface area contributed by atoms with Gasteiger partial charge in [-0.1, -0.05) is 168 Å². The van der Waals surface area contributed by atoms with Gasteiger partial charge in [0.25, 0.3) is 0 Å². The summed E-state index contributed by atoms with van der Waals surface area (Å²) in [4.78, 5) is 0. The van der Waals surface area contributed by atoms with Crippen LogP contribution in [0.5, 0.6) is 0 Å². The van der Waals surface area contributed by atoms with Gasteiger partial charge in [0.05, 0.1) is 50.3 Å². The van der Waals surface area contributed by atoms with E-state index in [0.717, 1.165) is 112 Å². The minimum absolute atomic E-state index is 0.166. The molecule has 5 aromatic heterocycles. The molecule has 0 aliphatic heterocycles. The Bertz CT molecular complexity index is 4870. The van der Waals surface area contributed by atoms with Crippen molar-refractivity contribution in [1.82, 2.24) is 13.7 Å². The number of aromatic nitrogens is 3. The van der Waals surface area contributed by atoms with E-state index in [9.17, 15) is 10.5 Å². The molecule has 0 atom stereocenters. The molecule has 13 aromatic rings. The Morgan fingerprint density at radius 3 is 1.85 bits per heavy atom. The molecular weight excluding hydrogens is 981 g/mol. The van der Waals surface area contributed by atoms with E-state index >= 15 is 0 Å². The summed E-state index contributed by atoms with van der Waals surface area (Å²) >= 11 is 0. The fourth-order valence-electron chi connectivity index (χ4n) is 12.9. The van der Waals surface area contributed by atoms with Gasteiger partial charge in [0, 0.05) is 67.3 Å². The van der Waals surface area contributed by atoms with Gasteiger partial charge in [0.15, 0.2) is 5.58 Å². The molecule has 0 radical (unpaired) electrons. The molecule has 8 aromatic carbocycles. The monoisotopic (exact) mass is 1040 g/mol. The van der Waals surface area contributed by atoms with E-state index in [0.29, 0.717) is 52.4 Å². The number of para-hydroxylation sites is 5. The highest BCUT2D eigenvalue weighted by atomic mass is 16.3. The van der Waals surface area contributed by atoms with Crippen molar-refractivity contribution >= 4 is 105 Å². The van der Waals surface area contributed by atoms with Gasteiger partial charge < -0.3 is 27.9 Å². The highest BCUT2D eigenvalue weighted by molar-refractivity contribution is 6.22. The molecule has 8 heteroatoms. The fraction of sp³-hybridized carbons (Fsp3) is 0.167. The van der Waals surface area contributed by atoms with E-state index < -0.39 is 0 Å². The molecular formula is C72H58N6O2. The maximum atomic E-state index is 12.4. The number of benzene rings is 8. The van der Waals surface area contributed by atoms with Crippen LogP contribution in [-0.4, -0.2) is 20.2 Å². The van der Waals surface area contributed by atoms with Crippen molar-refractivity contribution in [2.24, 2.45) is 5.41 Å². The number of anilines is 1. The van der Waals surface area contributed by atoms with Crippen LogP contribution in [0.2, 0.25) is 0 Å². The number of fused-ring (bicyclic) bond motifs is 14. The van der Waals surface area contributed by atoms with Crippen LogP contribution in [0.25, 0.3) is 117 Å². The van der Waals surface area contributed by atoms with E-state index in [1.54, 1.807) is 0 Å². The summed E-state index contributed by atoms with van der Waals surface area (Å²) in [6.45, 7) is 13.6. The molecule has 80 heavy (non-hydrogen) atoms. The van der Waals surface area contributed by atoms with Crippen LogP contribution in [0, 0.1) is 28.1 Å². The van der Waals surface area contributed by atoms with Crippen molar-refractivity contribution in [1.29, 1.82) is 10.5 Å². The third-order valence-corrected chi connectivity index (χ3v) is 16.5. The number of nitriles is 2. The molecule has 1 N–H and O–H groups in total. The molecule has 0 saturated heterocycles. The molecule has 5 heterocycles. The topological polar surface area (TPSA) is 101 Å². The minimum Gasteiger partial charge on any atom is -0.460 e. The van der Waals surface area contributed by atoms with Gasteiger partial charge >= 0.3 is 0 Å². The van der Waals surface area contributed by atoms with E-state index in [-0.39, 0.29) is 10.8 Å². The molecule has 1 aliphatic rings. The van der Waals surface area contributed by atoms with Gasteiger partial charge in [0.1, 0.15) is 40.2 Å². The number of hydrogen-bond acceptors (Lipinski definition) is 5. The summed E-state index contributed by atoms with van der Waals surface area (Å²) in [5.74, 6) is 0.938. The van der Waals surface area contributed by atoms with Crippen molar-refractivity contribution < 1.29 is 8.83 Å². The molecule has 0 saturated carbocycles. The number of rotatable bonds is 10. The number of aryl methyl sites for hydroxylation is 1. The van der Waals surface area contributed by atoms with E-state index in [1.165, 1.54) is 11.1 Å². The zero-order chi connectivity index (χ0) is 54.6. The zero-order valence-electron chi connectivity index (χ0n) is 45.8. The van der Waals surface area contributed by atoms with Crippen LogP contribution in [0.1, 0.15) is 87.2 Å². The molecule has 14 rings (SSSR count). The quantitative estimate of drug-likeness (QED) is 0.138. The number of nitrogens with zero attached hydrogens (tertiary/aromatic N) is 5. The maximum Gasteiger partial charge on any atom is 0.160 e. The van der Waals surface area contributed by atoms with Crippen LogP contribution in [-0.2, 0) is 18.3 Å². The lowest BCUT2D eigenvalue weighted by atomic mass is 9.86. The average Bonchev–Trinajstić information content (AvgIpc) is 3.26. The maximum absolute atomic E-state index is 12.4. The van der Waals surface area contributed by atoms with Crippen LogP contribution < -0.4 is 5.32 Å². The van der Waals surface area contributed by atoms with Crippen LogP contribution >= 0.6 is 0 Å². The Labute approximate surface area is 464 Å². The second-order valence-electron chi connectivity index (χ2n) is 23.1. The predicted molar refractivity (Wildman–Crippen MR) is 331 cm³/mol. The van der Waals surface area contributed by atoms with Crippen molar-refractivity contribution in [2.75, 3.05) is 11.9 Å². The SMILES string of the molecule is C/C=C\c1c(CC(C)(C)/C=C\CNc2c(-n3c4c(c5ccccc53)CCC=C4)c(C#N)c(-n3c4ccc(C(C)(C)C)cc4c4ccc5c6ccccc6oc5c43)c(C#N)c2-n2c3ccccc3c3ccccc32)oc2ccccc12. The lowest BCUT2D eigenvalue weighted by molar-refractivity contribution is 0.416. The first kappa shape index (κ1) is 48.6. The molecule has 388 valence electrons. The van der Waals surface area contributed by atoms with Gasteiger partial charge in [-0.3, -0.25) is 0 Å². The Kier molecular flexibility index (Phi) is 11.2. The van der Waals surface area contributed by atoms with E-state index in [2.05, 4.69) is 224 Å². The molecule has 0 bridgehead atoms. The molecule has 0 unspecified atom stereocenters. The van der Waals surface area contributed by atoms with Crippen LogP contribution in [0.15, 0.2) is 185 Å². The molecule has 8 nitrogen and oxygen atoms in total. The van der Waals surface area contributed by atoms with E-state index in [4.69, 9.17) is 8.83 Å². The zero-order valence-corrected chi connectivity index (χ0v) is 45.8. The standard InChI is InChI=1S/C72H58N6O2/c1-7-21-49-50-26-12-18-32-62(50)79-64(49)41-72(5,6)38-20-39-75-65-67(76-57-28-14-8-22-45(57)46-23-9-15-29-58(46)76)55(42-73)66(56(43-74)68(65)77-59-30-16-10-24-47(59)48-25-11-17-31-60(48)77)78-61-37-34-44(71(2,3)4)40-54(61)52-35-36-53-51-27-13-19-33-63(51)80-70(53)69(52)78/h7-10,12-24,26-38,40,75H,11,25,39,41H2,1-6H3/b21-7-,38-20-. The summed E-state index contributed by atoms with van der Waals surface area (Å²) in [5, 5.41) is 37.1. The van der Waals surface area contributed by atoms with Crippen molar-refractivity contribution in [3.63, 3.8) is 0 Å². The summed E-state index contributed by atoms with van der Waals surface area (Å²) in [6, 6.07) is 58.5. The Balaban J connectivity index is 1.12. The lowest BCUT2D eigenvalue weighted by Crippen LogP contribution is -2.17. The van der Waals surface area contributed by atoms with Gasteiger partial charge in [-0.15, -0.1) is 0 Å². The number of nitrogens with one attached hydrogen (secondary N) is 1. The van der Waals surface area contributed by atoms with Crippen molar-refractivity contribution in [3.05, 3.63) is 215 Å². The molecule has 0 spiro atoms. The minimum atomic E-state index is -0.324. The van der Waals surface area contributed by atoms with Crippen molar-refractivity contribution in [2.45, 2.75) is 66.2 Å². The van der Waals surface area contributed by atoms with Gasteiger partial charge in [-0.25, -0.2) is 0 Å². The number of hydrogen-bond donors (Lipinski definition) is 1. The second kappa shape index (κ2) is 18.4. The molecule has 0 amide bonds. The molecule has 0 fully saturated rings. The van der Waals surface area contributed by atoms with E-state index in [1.807, 2.05) is 37.3 Å². The van der Waals surface area contributed by atoms with Crippen molar-refractivity contribution in [3.8, 4) is 29.2 Å². The Hall–Kier alpha value is -9.76. The number of furan rings is 2. The first-order valence-electron chi connectivity index (χ1n) is 27.7. The highest BCUT2D eigenvalue weighted by Crippen LogP contribution is 2.50. The smallest absolute Gasteiger partial charge is 0.160 e. The fourth-order valence-corrected chi connectivity index (χ4v) is 12.9. The second-order valence-corrected chi connectivity index (χ2v) is 23.1. The number of allylic oxidation sites excluding steroid dienone is 3.